The molecule has 0 atom stereocenters. The van der Waals surface area contributed by atoms with Crippen molar-refractivity contribution >= 4 is 11.6 Å². The normalized spacial score (nSPS) is 16.9. The number of carbonyl (C=O) groups excluding carboxylic acids is 1. The molecule has 4 heteroatoms. The van der Waals surface area contributed by atoms with E-state index in [1.54, 1.807) is 7.11 Å². The Hall–Kier alpha value is -1.55. The summed E-state index contributed by atoms with van der Waals surface area (Å²) in [5.74, 6) is 0.751. The molecule has 1 aromatic carbocycles. The Morgan fingerprint density at radius 3 is 2.52 bits per heavy atom. The van der Waals surface area contributed by atoms with Crippen LogP contribution in [0.5, 0.6) is 5.75 Å². The fourth-order valence-corrected chi connectivity index (χ4v) is 2.78. The van der Waals surface area contributed by atoms with Crippen LogP contribution in [-0.4, -0.2) is 37.6 Å². The largest absolute Gasteiger partial charge is 0.495 e. The van der Waals surface area contributed by atoms with Crippen molar-refractivity contribution in [3.05, 3.63) is 23.8 Å². The van der Waals surface area contributed by atoms with Crippen LogP contribution in [-0.2, 0) is 4.79 Å². The number of carbonyl (C=O) groups is 1. The molecule has 0 saturated carbocycles. The van der Waals surface area contributed by atoms with Crippen LogP contribution < -0.4 is 10.1 Å². The second-order valence-corrected chi connectivity index (χ2v) is 5.80. The van der Waals surface area contributed by atoms with Gasteiger partial charge in [-0.2, -0.15) is 0 Å². The summed E-state index contributed by atoms with van der Waals surface area (Å²) in [6.45, 7) is 4.53. The molecule has 1 fully saturated rings. The van der Waals surface area contributed by atoms with Crippen LogP contribution in [0.25, 0.3) is 0 Å². The van der Waals surface area contributed by atoms with E-state index in [2.05, 4.69) is 10.2 Å². The van der Waals surface area contributed by atoms with Gasteiger partial charge >= 0.3 is 0 Å². The summed E-state index contributed by atoms with van der Waals surface area (Å²) >= 11 is 0. The molecule has 116 valence electrons. The van der Waals surface area contributed by atoms with Crippen molar-refractivity contribution < 1.29 is 9.53 Å². The molecule has 1 saturated heterocycles. The molecular weight excluding hydrogens is 264 g/mol. The maximum Gasteiger partial charge on any atom is 0.238 e. The monoisotopic (exact) mass is 290 g/mol. The second kappa shape index (κ2) is 8.03. The van der Waals surface area contributed by atoms with E-state index in [0.29, 0.717) is 12.3 Å². The number of amides is 1. The highest BCUT2D eigenvalue weighted by molar-refractivity contribution is 5.93. The number of ether oxygens (including phenoxy) is 1. The van der Waals surface area contributed by atoms with E-state index in [9.17, 15) is 4.79 Å². The van der Waals surface area contributed by atoms with Crippen molar-refractivity contribution in [3.63, 3.8) is 0 Å². The zero-order valence-electron chi connectivity index (χ0n) is 13.2. The first kappa shape index (κ1) is 15.8. The fourth-order valence-electron chi connectivity index (χ4n) is 2.78. The summed E-state index contributed by atoms with van der Waals surface area (Å²) in [4.78, 5) is 14.5. The number of rotatable bonds is 4. The Morgan fingerprint density at radius 2 is 1.86 bits per heavy atom. The molecule has 0 unspecified atom stereocenters. The number of benzene rings is 1. The molecule has 1 aliphatic heterocycles. The number of nitrogens with zero attached hydrogens (tertiary/aromatic N) is 1. The van der Waals surface area contributed by atoms with Crippen LogP contribution in [0, 0.1) is 6.92 Å². The SMILES string of the molecule is COc1ccc(C)cc1NC(=O)CN1CCCCCCC1. The smallest absolute Gasteiger partial charge is 0.238 e. The summed E-state index contributed by atoms with van der Waals surface area (Å²) in [5, 5.41) is 2.98. The third kappa shape index (κ3) is 5.05. The number of nitrogens with one attached hydrogen (secondary N) is 1. The highest BCUT2D eigenvalue weighted by Crippen LogP contribution is 2.25. The molecule has 1 aromatic rings. The van der Waals surface area contributed by atoms with E-state index >= 15 is 0 Å². The molecule has 0 aromatic heterocycles. The molecule has 0 bridgehead atoms. The van der Waals surface area contributed by atoms with Crippen LogP contribution >= 0.6 is 0 Å². The predicted octanol–water partition coefficient (Wildman–Crippen LogP) is 3.21. The summed E-state index contributed by atoms with van der Waals surface area (Å²) in [7, 11) is 1.62. The van der Waals surface area contributed by atoms with Gasteiger partial charge in [-0.05, 0) is 50.6 Å². The Balaban J connectivity index is 1.92. The Bertz CT molecular complexity index is 466. The highest BCUT2D eigenvalue weighted by atomic mass is 16.5. The number of methoxy groups -OCH3 is 1. The minimum atomic E-state index is 0.0412. The van der Waals surface area contributed by atoms with Crippen molar-refractivity contribution in [2.75, 3.05) is 32.1 Å². The lowest BCUT2D eigenvalue weighted by molar-refractivity contribution is -0.117. The van der Waals surface area contributed by atoms with Gasteiger partial charge in [-0.1, -0.05) is 25.3 Å². The summed E-state index contributed by atoms with van der Waals surface area (Å²) < 4.78 is 5.30. The predicted molar refractivity (Wildman–Crippen MR) is 85.9 cm³/mol. The first-order valence-electron chi connectivity index (χ1n) is 7.86. The van der Waals surface area contributed by atoms with Gasteiger partial charge in [-0.15, -0.1) is 0 Å². The molecule has 1 N–H and O–H groups in total. The third-order valence-corrected chi connectivity index (χ3v) is 3.94. The minimum Gasteiger partial charge on any atom is -0.495 e. The standard InChI is InChI=1S/C17H26N2O2/c1-14-8-9-16(21-2)15(12-14)18-17(20)13-19-10-6-4-3-5-7-11-19/h8-9,12H,3-7,10-11,13H2,1-2H3,(H,18,20). The lowest BCUT2D eigenvalue weighted by atomic mass is 10.1. The number of hydrogen-bond donors (Lipinski definition) is 1. The fraction of sp³-hybridized carbons (Fsp3) is 0.588. The lowest BCUT2D eigenvalue weighted by Crippen LogP contribution is -2.35. The summed E-state index contributed by atoms with van der Waals surface area (Å²) in [6.07, 6.45) is 6.29. The van der Waals surface area contributed by atoms with Gasteiger partial charge in [0.15, 0.2) is 0 Å². The van der Waals surface area contributed by atoms with Gasteiger partial charge in [0.05, 0.1) is 19.3 Å². The maximum absolute atomic E-state index is 12.2. The first-order valence-corrected chi connectivity index (χ1v) is 7.86. The summed E-state index contributed by atoms with van der Waals surface area (Å²) in [5.41, 5.74) is 1.87. The van der Waals surface area contributed by atoms with Crippen molar-refractivity contribution in [2.45, 2.75) is 39.0 Å². The van der Waals surface area contributed by atoms with Gasteiger partial charge in [0.2, 0.25) is 5.91 Å². The average Bonchev–Trinajstić information content (AvgIpc) is 2.42. The molecule has 1 aliphatic rings. The Labute approximate surface area is 127 Å². The number of aryl methyl sites for hydroxylation is 1. The van der Waals surface area contributed by atoms with E-state index in [4.69, 9.17) is 4.74 Å². The van der Waals surface area contributed by atoms with Gasteiger partial charge in [-0.3, -0.25) is 9.69 Å². The third-order valence-electron chi connectivity index (χ3n) is 3.94. The van der Waals surface area contributed by atoms with Gasteiger partial charge in [0.25, 0.3) is 0 Å². The molecule has 0 aliphatic carbocycles. The van der Waals surface area contributed by atoms with Gasteiger partial charge < -0.3 is 10.1 Å². The molecule has 0 spiro atoms. The second-order valence-electron chi connectivity index (χ2n) is 5.80. The van der Waals surface area contributed by atoms with Gasteiger partial charge in [0, 0.05) is 0 Å². The minimum absolute atomic E-state index is 0.0412. The Morgan fingerprint density at radius 1 is 1.19 bits per heavy atom. The molecular formula is C17H26N2O2. The number of hydrogen-bond acceptors (Lipinski definition) is 3. The lowest BCUT2D eigenvalue weighted by Gasteiger charge is -2.24. The van der Waals surface area contributed by atoms with Crippen LogP contribution in [0.3, 0.4) is 0 Å². The number of likely N-dealkylation sites (tertiary alicyclic amines) is 1. The molecule has 2 rings (SSSR count). The van der Waals surface area contributed by atoms with Crippen molar-refractivity contribution in [1.82, 2.24) is 4.90 Å². The Kier molecular flexibility index (Phi) is 6.05. The zero-order chi connectivity index (χ0) is 15.1. The quantitative estimate of drug-likeness (QED) is 0.926. The molecule has 21 heavy (non-hydrogen) atoms. The van der Waals surface area contributed by atoms with Crippen LogP contribution in [0.4, 0.5) is 5.69 Å². The van der Waals surface area contributed by atoms with E-state index in [0.717, 1.165) is 24.3 Å². The highest BCUT2D eigenvalue weighted by Gasteiger charge is 2.14. The van der Waals surface area contributed by atoms with E-state index in [-0.39, 0.29) is 5.91 Å². The van der Waals surface area contributed by atoms with Crippen molar-refractivity contribution in [2.24, 2.45) is 0 Å². The van der Waals surface area contributed by atoms with E-state index in [1.165, 1.54) is 32.1 Å². The van der Waals surface area contributed by atoms with Crippen molar-refractivity contribution in [1.29, 1.82) is 0 Å². The zero-order valence-corrected chi connectivity index (χ0v) is 13.2. The number of anilines is 1. The van der Waals surface area contributed by atoms with Gasteiger partial charge in [0.1, 0.15) is 5.75 Å². The molecule has 1 amide bonds. The van der Waals surface area contributed by atoms with Crippen molar-refractivity contribution in [3.8, 4) is 5.75 Å². The summed E-state index contributed by atoms with van der Waals surface area (Å²) in [6, 6.07) is 5.82. The van der Waals surface area contributed by atoms with E-state index < -0.39 is 0 Å². The topological polar surface area (TPSA) is 41.6 Å². The molecule has 1 heterocycles. The van der Waals surface area contributed by atoms with Gasteiger partial charge in [-0.25, -0.2) is 0 Å². The molecule has 4 nitrogen and oxygen atoms in total. The van der Waals surface area contributed by atoms with E-state index in [1.807, 2.05) is 25.1 Å². The average molecular weight is 290 g/mol. The van der Waals surface area contributed by atoms with Crippen LogP contribution in [0.2, 0.25) is 0 Å². The van der Waals surface area contributed by atoms with Crippen LogP contribution in [0.15, 0.2) is 18.2 Å². The first-order chi connectivity index (χ1) is 10.2. The molecule has 0 radical (unpaired) electrons. The van der Waals surface area contributed by atoms with Crippen LogP contribution in [0.1, 0.15) is 37.7 Å². The maximum atomic E-state index is 12.2.